The van der Waals surface area contributed by atoms with Gasteiger partial charge in [-0.15, -0.1) is 0 Å². The number of rotatable bonds is 5. The summed E-state index contributed by atoms with van der Waals surface area (Å²) in [5.41, 5.74) is 0.984. The van der Waals surface area contributed by atoms with E-state index in [0.29, 0.717) is 12.5 Å². The molecule has 0 aliphatic carbocycles. The van der Waals surface area contributed by atoms with Crippen LogP contribution in [-0.4, -0.2) is 37.1 Å². The first-order valence-electron chi connectivity index (χ1n) is 5.89. The molecule has 1 aromatic heterocycles. The molecule has 2 aromatic rings. The highest BCUT2D eigenvalue weighted by molar-refractivity contribution is 5.78. The summed E-state index contributed by atoms with van der Waals surface area (Å²) in [4.78, 5) is 6.61. The summed E-state index contributed by atoms with van der Waals surface area (Å²) >= 11 is 0. The van der Waals surface area contributed by atoms with E-state index < -0.39 is 0 Å². The van der Waals surface area contributed by atoms with Crippen molar-refractivity contribution < 1.29 is 4.74 Å². The topological polar surface area (TPSA) is 25.4 Å². The summed E-state index contributed by atoms with van der Waals surface area (Å²) in [6, 6.07) is 12.0. The van der Waals surface area contributed by atoms with E-state index in [1.807, 2.05) is 30.3 Å². The van der Waals surface area contributed by atoms with Crippen molar-refractivity contribution in [2.75, 3.05) is 27.2 Å². The van der Waals surface area contributed by atoms with E-state index in [0.717, 1.165) is 23.9 Å². The standard InChI is InChI=1S/C14H18N2O/c1-16(2)10-5-11-17-14-9-8-12-6-3-4-7-13(12)15-14/h3-4,6-9H,5,10-11H2,1-2H3. The largest absolute Gasteiger partial charge is 0.478 e. The number of benzene rings is 1. The number of fused-ring (bicyclic) bond motifs is 1. The minimum Gasteiger partial charge on any atom is -0.478 e. The van der Waals surface area contributed by atoms with Gasteiger partial charge in [-0.3, -0.25) is 0 Å². The fourth-order valence-corrected chi connectivity index (χ4v) is 1.69. The van der Waals surface area contributed by atoms with E-state index in [2.05, 4.69) is 30.0 Å². The van der Waals surface area contributed by atoms with E-state index in [-0.39, 0.29) is 0 Å². The lowest BCUT2D eigenvalue weighted by molar-refractivity contribution is 0.274. The van der Waals surface area contributed by atoms with Gasteiger partial charge in [0.1, 0.15) is 0 Å². The molecule has 0 amide bonds. The zero-order valence-corrected chi connectivity index (χ0v) is 10.4. The Kier molecular flexibility index (Phi) is 3.94. The van der Waals surface area contributed by atoms with Crippen molar-refractivity contribution in [2.24, 2.45) is 0 Å². The van der Waals surface area contributed by atoms with Crippen molar-refractivity contribution in [3.8, 4) is 5.88 Å². The molecule has 3 heteroatoms. The Labute approximate surface area is 102 Å². The van der Waals surface area contributed by atoms with Crippen LogP contribution in [-0.2, 0) is 0 Å². The lowest BCUT2D eigenvalue weighted by Gasteiger charge is -2.10. The molecule has 0 aliphatic heterocycles. The van der Waals surface area contributed by atoms with Crippen LogP contribution < -0.4 is 4.74 Å². The number of para-hydroxylation sites is 1. The van der Waals surface area contributed by atoms with Crippen LogP contribution in [0, 0.1) is 0 Å². The van der Waals surface area contributed by atoms with Gasteiger partial charge in [-0.05, 0) is 32.6 Å². The predicted molar refractivity (Wildman–Crippen MR) is 70.4 cm³/mol. The van der Waals surface area contributed by atoms with Gasteiger partial charge in [0.05, 0.1) is 12.1 Å². The summed E-state index contributed by atoms with van der Waals surface area (Å²) in [7, 11) is 4.13. The van der Waals surface area contributed by atoms with E-state index in [4.69, 9.17) is 4.74 Å². The van der Waals surface area contributed by atoms with Crippen molar-refractivity contribution in [3.63, 3.8) is 0 Å². The van der Waals surface area contributed by atoms with Crippen molar-refractivity contribution in [1.29, 1.82) is 0 Å². The van der Waals surface area contributed by atoms with E-state index >= 15 is 0 Å². The van der Waals surface area contributed by atoms with Gasteiger partial charge < -0.3 is 9.64 Å². The number of aromatic nitrogens is 1. The van der Waals surface area contributed by atoms with Gasteiger partial charge in [-0.1, -0.05) is 18.2 Å². The quantitative estimate of drug-likeness (QED) is 0.738. The van der Waals surface area contributed by atoms with Crippen LogP contribution in [0.25, 0.3) is 10.9 Å². The third kappa shape index (κ3) is 3.43. The van der Waals surface area contributed by atoms with Crippen molar-refractivity contribution in [1.82, 2.24) is 9.88 Å². The Morgan fingerprint density at radius 1 is 1.12 bits per heavy atom. The summed E-state index contributed by atoms with van der Waals surface area (Å²) in [6.07, 6.45) is 1.02. The van der Waals surface area contributed by atoms with E-state index in [1.165, 1.54) is 0 Å². The molecule has 3 nitrogen and oxygen atoms in total. The van der Waals surface area contributed by atoms with Crippen LogP contribution in [0.4, 0.5) is 0 Å². The van der Waals surface area contributed by atoms with Gasteiger partial charge in [0.2, 0.25) is 5.88 Å². The second-order valence-electron chi connectivity index (χ2n) is 4.35. The fraction of sp³-hybridized carbons (Fsp3) is 0.357. The molecule has 0 bridgehead atoms. The average molecular weight is 230 g/mol. The monoisotopic (exact) mass is 230 g/mol. The summed E-state index contributed by atoms with van der Waals surface area (Å²) in [5.74, 6) is 0.711. The molecule has 0 N–H and O–H groups in total. The van der Waals surface area contributed by atoms with E-state index in [1.54, 1.807) is 0 Å². The van der Waals surface area contributed by atoms with Gasteiger partial charge in [0.25, 0.3) is 0 Å². The van der Waals surface area contributed by atoms with Crippen molar-refractivity contribution in [2.45, 2.75) is 6.42 Å². The second-order valence-corrected chi connectivity index (χ2v) is 4.35. The molecule has 0 unspecified atom stereocenters. The highest BCUT2D eigenvalue weighted by atomic mass is 16.5. The molecule has 0 saturated heterocycles. The Morgan fingerprint density at radius 2 is 1.94 bits per heavy atom. The normalized spacial score (nSPS) is 11.0. The average Bonchev–Trinajstić information content (AvgIpc) is 2.34. The molecular weight excluding hydrogens is 212 g/mol. The fourth-order valence-electron chi connectivity index (χ4n) is 1.69. The number of pyridine rings is 1. The first-order chi connectivity index (χ1) is 8.25. The molecule has 0 atom stereocenters. The molecule has 17 heavy (non-hydrogen) atoms. The predicted octanol–water partition coefficient (Wildman–Crippen LogP) is 2.57. The third-order valence-corrected chi connectivity index (χ3v) is 2.57. The Morgan fingerprint density at radius 3 is 2.76 bits per heavy atom. The SMILES string of the molecule is CN(C)CCCOc1ccc2ccccc2n1. The molecule has 1 aromatic carbocycles. The molecule has 90 valence electrons. The lowest BCUT2D eigenvalue weighted by Crippen LogP contribution is -2.15. The lowest BCUT2D eigenvalue weighted by atomic mass is 10.2. The van der Waals surface area contributed by atoms with Gasteiger partial charge in [0.15, 0.2) is 0 Å². The summed E-state index contributed by atoms with van der Waals surface area (Å²) in [6.45, 7) is 1.75. The summed E-state index contributed by atoms with van der Waals surface area (Å²) in [5, 5.41) is 1.15. The molecular formula is C14H18N2O. The zero-order valence-electron chi connectivity index (χ0n) is 10.4. The maximum atomic E-state index is 5.63. The molecule has 0 fully saturated rings. The number of nitrogens with zero attached hydrogens (tertiary/aromatic N) is 2. The van der Waals surface area contributed by atoms with Gasteiger partial charge >= 0.3 is 0 Å². The van der Waals surface area contributed by atoms with Crippen LogP contribution in [0.3, 0.4) is 0 Å². The maximum Gasteiger partial charge on any atom is 0.213 e. The third-order valence-electron chi connectivity index (χ3n) is 2.57. The Bertz CT molecular complexity index is 482. The number of hydrogen-bond acceptors (Lipinski definition) is 3. The van der Waals surface area contributed by atoms with Gasteiger partial charge in [-0.25, -0.2) is 4.98 Å². The van der Waals surface area contributed by atoms with E-state index in [9.17, 15) is 0 Å². The minimum atomic E-state index is 0.711. The highest BCUT2D eigenvalue weighted by Crippen LogP contribution is 2.15. The van der Waals surface area contributed by atoms with Crippen molar-refractivity contribution >= 4 is 10.9 Å². The molecule has 0 saturated carbocycles. The first-order valence-corrected chi connectivity index (χ1v) is 5.89. The zero-order chi connectivity index (χ0) is 12.1. The minimum absolute atomic E-state index is 0.711. The maximum absolute atomic E-state index is 5.63. The summed E-state index contributed by atoms with van der Waals surface area (Å²) < 4.78 is 5.63. The van der Waals surface area contributed by atoms with Crippen LogP contribution in [0.1, 0.15) is 6.42 Å². The second kappa shape index (κ2) is 5.64. The smallest absolute Gasteiger partial charge is 0.213 e. The molecule has 0 spiro atoms. The van der Waals surface area contributed by atoms with Gasteiger partial charge in [-0.2, -0.15) is 0 Å². The molecule has 1 heterocycles. The molecule has 2 rings (SSSR count). The number of hydrogen-bond donors (Lipinski definition) is 0. The molecule has 0 aliphatic rings. The Hall–Kier alpha value is -1.61. The van der Waals surface area contributed by atoms with Gasteiger partial charge in [0, 0.05) is 18.0 Å². The Balaban J connectivity index is 1.95. The van der Waals surface area contributed by atoms with Crippen LogP contribution >= 0.6 is 0 Å². The molecule has 0 radical (unpaired) electrons. The van der Waals surface area contributed by atoms with Crippen LogP contribution in [0.5, 0.6) is 5.88 Å². The number of ether oxygens (including phenoxy) is 1. The van der Waals surface area contributed by atoms with Crippen LogP contribution in [0.15, 0.2) is 36.4 Å². The van der Waals surface area contributed by atoms with Crippen molar-refractivity contribution in [3.05, 3.63) is 36.4 Å². The highest BCUT2D eigenvalue weighted by Gasteiger charge is 1.98. The first kappa shape index (κ1) is 11.9. The van der Waals surface area contributed by atoms with Crippen LogP contribution in [0.2, 0.25) is 0 Å².